The molecule has 0 bridgehead atoms. The summed E-state index contributed by atoms with van der Waals surface area (Å²) < 4.78 is 35.0. The minimum absolute atomic E-state index is 0.00925. The first kappa shape index (κ1) is 39.9. The van der Waals surface area contributed by atoms with E-state index in [1.54, 1.807) is 24.3 Å². The molecule has 1 heterocycles. The van der Waals surface area contributed by atoms with Gasteiger partial charge in [-0.05, 0) is 78.4 Å². The number of rotatable bonds is 20. The third kappa shape index (κ3) is 10.0. The number of hydrogen-bond donors (Lipinski definition) is 2. The average molecular weight is 756 g/mol. The second-order valence-electron chi connectivity index (χ2n) is 12.4. The molecule has 0 fully saturated rings. The van der Waals surface area contributed by atoms with E-state index in [0.717, 1.165) is 21.9 Å². The Hall–Kier alpha value is -5.26. The van der Waals surface area contributed by atoms with Gasteiger partial charge in [-0.1, -0.05) is 79.7 Å². The monoisotopic (exact) mass is 755 g/mol. The van der Waals surface area contributed by atoms with Gasteiger partial charge in [-0.3, -0.25) is 23.8 Å². The lowest BCUT2D eigenvalue weighted by molar-refractivity contribution is -0.200. The van der Waals surface area contributed by atoms with Crippen LogP contribution < -0.4 is 20.7 Å². The number of hydrogen-bond acceptors (Lipinski definition) is 9. The zero-order valence-electron chi connectivity index (χ0n) is 30.9. The summed E-state index contributed by atoms with van der Waals surface area (Å²) in [6.07, 6.45) is 2.04. The molecule has 0 aliphatic carbocycles. The first-order valence-electron chi connectivity index (χ1n) is 17.8. The fourth-order valence-corrected chi connectivity index (χ4v) is 7.40. The van der Waals surface area contributed by atoms with Gasteiger partial charge in [0.05, 0.1) is 30.5 Å². The molecule has 0 aliphatic rings. The van der Waals surface area contributed by atoms with Crippen molar-refractivity contribution in [1.82, 2.24) is 15.7 Å². The lowest BCUT2D eigenvalue weighted by Crippen LogP contribution is -2.48. The second kappa shape index (κ2) is 19.2. The SMILES string of the molecule is CCOc1cc(-c2ccc(C(=O)NCNC(=O)C(CCc3ccc4ccccc4c3)C(CC)N(C=O)OCc3ccccc3)o2)cc(P(=O)(OC)OC)c1. The Bertz CT molecular complexity index is 2060. The zero-order chi connectivity index (χ0) is 38.5. The fraction of sp³-hybridized carbons (Fsp3) is 0.293. The van der Waals surface area contributed by atoms with Crippen molar-refractivity contribution in [2.75, 3.05) is 27.5 Å². The third-order valence-electron chi connectivity index (χ3n) is 9.06. The summed E-state index contributed by atoms with van der Waals surface area (Å²) in [6.45, 7) is 4.04. The van der Waals surface area contributed by atoms with Crippen molar-refractivity contribution in [2.45, 2.75) is 45.8 Å². The summed E-state index contributed by atoms with van der Waals surface area (Å²) in [5.41, 5.74) is 2.43. The maximum Gasteiger partial charge on any atom is 0.360 e. The number of carbonyl (C=O) groups excluding carboxylic acids is 3. The smallest absolute Gasteiger partial charge is 0.360 e. The van der Waals surface area contributed by atoms with Gasteiger partial charge in [-0.2, -0.15) is 0 Å². The summed E-state index contributed by atoms with van der Waals surface area (Å²) in [6, 6.07) is 31.1. The molecule has 4 aromatic carbocycles. The van der Waals surface area contributed by atoms with Crippen LogP contribution >= 0.6 is 7.60 Å². The molecular weight excluding hydrogens is 709 g/mol. The number of nitrogens with one attached hydrogen (secondary N) is 2. The molecule has 284 valence electrons. The van der Waals surface area contributed by atoms with E-state index < -0.39 is 25.5 Å². The highest BCUT2D eigenvalue weighted by molar-refractivity contribution is 7.62. The van der Waals surface area contributed by atoms with Gasteiger partial charge in [0, 0.05) is 19.8 Å². The van der Waals surface area contributed by atoms with Crippen LogP contribution in [0.25, 0.3) is 22.1 Å². The van der Waals surface area contributed by atoms with E-state index in [1.165, 1.54) is 25.3 Å². The Morgan fingerprint density at radius 1 is 0.852 bits per heavy atom. The van der Waals surface area contributed by atoms with E-state index in [4.69, 9.17) is 23.0 Å². The van der Waals surface area contributed by atoms with Crippen molar-refractivity contribution < 1.29 is 42.0 Å². The van der Waals surface area contributed by atoms with Crippen LogP contribution in [-0.2, 0) is 41.1 Å². The predicted octanol–water partition coefficient (Wildman–Crippen LogP) is 7.03. The van der Waals surface area contributed by atoms with Crippen LogP contribution in [0.3, 0.4) is 0 Å². The molecule has 12 nitrogen and oxygen atoms in total. The lowest BCUT2D eigenvalue weighted by atomic mass is 9.89. The van der Waals surface area contributed by atoms with E-state index in [-0.39, 0.29) is 30.2 Å². The molecule has 3 amide bonds. The number of nitrogens with zero attached hydrogens (tertiary/aromatic N) is 1. The summed E-state index contributed by atoms with van der Waals surface area (Å²) in [5.74, 6) is -0.859. The van der Waals surface area contributed by atoms with Gasteiger partial charge in [-0.15, -0.1) is 0 Å². The van der Waals surface area contributed by atoms with Gasteiger partial charge in [0.1, 0.15) is 18.1 Å². The predicted molar refractivity (Wildman–Crippen MR) is 206 cm³/mol. The second-order valence-corrected chi connectivity index (χ2v) is 14.7. The van der Waals surface area contributed by atoms with E-state index in [9.17, 15) is 18.9 Å². The van der Waals surface area contributed by atoms with Crippen LogP contribution in [0.1, 0.15) is 48.4 Å². The zero-order valence-corrected chi connectivity index (χ0v) is 31.8. The number of aryl methyl sites for hydroxylation is 1. The summed E-state index contributed by atoms with van der Waals surface area (Å²) in [7, 11) is -1.04. The van der Waals surface area contributed by atoms with E-state index in [0.29, 0.717) is 49.4 Å². The minimum Gasteiger partial charge on any atom is -0.494 e. The number of fused-ring (bicyclic) bond motifs is 1. The van der Waals surface area contributed by atoms with Crippen LogP contribution in [0.15, 0.2) is 108 Å². The fourth-order valence-electron chi connectivity index (χ4n) is 6.25. The summed E-state index contributed by atoms with van der Waals surface area (Å²) >= 11 is 0. The molecule has 1 aromatic heterocycles. The van der Waals surface area contributed by atoms with Crippen molar-refractivity contribution >= 4 is 41.9 Å². The molecule has 2 atom stereocenters. The number of hydroxylamine groups is 2. The maximum atomic E-state index is 13.9. The summed E-state index contributed by atoms with van der Waals surface area (Å²) in [5, 5.41) is 9.22. The number of benzene rings is 4. The first-order chi connectivity index (χ1) is 26.2. The van der Waals surface area contributed by atoms with Crippen LogP contribution in [0.5, 0.6) is 5.75 Å². The Morgan fingerprint density at radius 3 is 2.30 bits per heavy atom. The standard InChI is InChI=1S/C41H46N3O9P/c1-5-37(44(28-45)52-26-30-12-8-7-9-13-30)36(19-17-29-16-18-31-14-10-11-15-32(31)22-29)40(46)42-27-43-41(47)39-21-20-38(53-39)33-23-34(51-6-2)25-35(24-33)54(48,49-3)50-4/h7-16,18,20-25,28,36-37H,5-6,17,19,26-27H2,1-4H3,(H,42,46)(H,43,47). The Morgan fingerprint density at radius 2 is 1.59 bits per heavy atom. The molecule has 0 saturated carbocycles. The molecular formula is C41H46N3O9P. The molecule has 0 aliphatic heterocycles. The van der Waals surface area contributed by atoms with Gasteiger partial charge >= 0.3 is 7.60 Å². The van der Waals surface area contributed by atoms with Gasteiger partial charge in [0.2, 0.25) is 12.3 Å². The van der Waals surface area contributed by atoms with Crippen LogP contribution in [-0.4, -0.2) is 56.8 Å². The normalized spacial score (nSPS) is 12.5. The molecule has 54 heavy (non-hydrogen) atoms. The number of amides is 3. The molecule has 0 saturated heterocycles. The number of furan rings is 1. The van der Waals surface area contributed by atoms with Gasteiger partial charge in [0.25, 0.3) is 5.91 Å². The highest BCUT2D eigenvalue weighted by Crippen LogP contribution is 2.46. The highest BCUT2D eigenvalue weighted by Gasteiger charge is 2.32. The van der Waals surface area contributed by atoms with Crippen molar-refractivity contribution in [2.24, 2.45) is 5.92 Å². The Kier molecular flexibility index (Phi) is 14.2. The van der Waals surface area contributed by atoms with Crippen LogP contribution in [0.2, 0.25) is 0 Å². The van der Waals surface area contributed by atoms with Crippen LogP contribution in [0.4, 0.5) is 0 Å². The Balaban J connectivity index is 1.29. The molecule has 13 heteroatoms. The van der Waals surface area contributed by atoms with Crippen molar-refractivity contribution in [1.29, 1.82) is 0 Å². The molecule has 2 unspecified atom stereocenters. The molecule has 2 N–H and O–H groups in total. The molecule has 0 spiro atoms. The average Bonchev–Trinajstić information content (AvgIpc) is 3.71. The third-order valence-corrected chi connectivity index (χ3v) is 10.9. The van der Waals surface area contributed by atoms with Gasteiger partial charge in [0.15, 0.2) is 5.76 Å². The largest absolute Gasteiger partial charge is 0.494 e. The Labute approximate surface area is 315 Å². The van der Waals surface area contributed by atoms with Crippen molar-refractivity contribution in [3.63, 3.8) is 0 Å². The quantitative estimate of drug-likeness (QED) is 0.0370. The number of ether oxygens (including phenoxy) is 1. The van der Waals surface area contributed by atoms with Crippen molar-refractivity contribution in [3.05, 3.63) is 120 Å². The molecule has 5 rings (SSSR count). The van der Waals surface area contributed by atoms with Crippen molar-refractivity contribution in [3.8, 4) is 17.1 Å². The lowest BCUT2D eigenvalue weighted by Gasteiger charge is -2.32. The van der Waals surface area contributed by atoms with E-state index >= 15 is 0 Å². The first-order valence-corrected chi connectivity index (χ1v) is 19.3. The highest BCUT2D eigenvalue weighted by atomic mass is 31.2. The topological polar surface area (TPSA) is 146 Å². The van der Waals surface area contributed by atoms with E-state index in [1.807, 2.05) is 74.5 Å². The summed E-state index contributed by atoms with van der Waals surface area (Å²) in [4.78, 5) is 45.4. The van der Waals surface area contributed by atoms with Crippen LogP contribution in [0, 0.1) is 5.92 Å². The number of carbonyl (C=O) groups is 3. The van der Waals surface area contributed by atoms with E-state index in [2.05, 4.69) is 22.8 Å². The maximum absolute atomic E-state index is 13.9. The van der Waals surface area contributed by atoms with Gasteiger partial charge in [-0.25, -0.2) is 5.06 Å². The molecule has 5 aromatic rings. The van der Waals surface area contributed by atoms with Gasteiger partial charge < -0.3 is 28.8 Å². The molecule has 0 radical (unpaired) electrons. The minimum atomic E-state index is -3.62.